The Morgan fingerprint density at radius 1 is 1.48 bits per heavy atom. The van der Waals surface area contributed by atoms with Crippen LogP contribution in [0.5, 0.6) is 5.75 Å². The van der Waals surface area contributed by atoms with Gasteiger partial charge in [0.05, 0.1) is 13.7 Å². The number of likely N-dealkylation sites (tertiary alicyclic amines) is 1. The van der Waals surface area contributed by atoms with E-state index in [0.29, 0.717) is 12.1 Å². The predicted octanol–water partition coefficient (Wildman–Crippen LogP) is 0.560. The minimum atomic E-state index is -3.63. The third-order valence-corrected chi connectivity index (χ3v) is 5.21. The molecule has 1 aliphatic heterocycles. The number of aliphatic hydroxyl groups is 1. The van der Waals surface area contributed by atoms with E-state index in [1.807, 2.05) is 7.05 Å². The van der Waals surface area contributed by atoms with Crippen LogP contribution in [-0.4, -0.2) is 51.7 Å². The van der Waals surface area contributed by atoms with Crippen molar-refractivity contribution in [1.82, 2.24) is 9.62 Å². The number of piperidine rings is 1. The lowest BCUT2D eigenvalue weighted by atomic mass is 10.1. The summed E-state index contributed by atoms with van der Waals surface area (Å²) in [5.74, 6) is 0.248. The van der Waals surface area contributed by atoms with E-state index < -0.39 is 10.0 Å². The number of likely N-dealkylation sites (N-methyl/N-ethyl adjacent to an activating group) is 1. The number of benzene rings is 1. The van der Waals surface area contributed by atoms with Gasteiger partial charge in [-0.2, -0.15) is 0 Å². The molecule has 2 rings (SSSR count). The van der Waals surface area contributed by atoms with Crippen molar-refractivity contribution in [2.24, 2.45) is 0 Å². The zero-order valence-corrected chi connectivity index (χ0v) is 13.2. The van der Waals surface area contributed by atoms with Crippen molar-refractivity contribution in [3.8, 4) is 5.75 Å². The lowest BCUT2D eigenvalue weighted by Crippen LogP contribution is -2.46. The number of nitrogens with zero attached hydrogens (tertiary/aromatic N) is 1. The Labute approximate surface area is 125 Å². The average Bonchev–Trinajstić information content (AvgIpc) is 2.46. The molecule has 118 valence electrons. The van der Waals surface area contributed by atoms with Gasteiger partial charge in [-0.1, -0.05) is 6.07 Å². The zero-order chi connectivity index (χ0) is 15.5. The van der Waals surface area contributed by atoms with Crippen molar-refractivity contribution in [1.29, 1.82) is 0 Å². The van der Waals surface area contributed by atoms with Crippen LogP contribution in [0, 0.1) is 0 Å². The fourth-order valence-corrected chi connectivity index (χ4v) is 3.99. The number of rotatable bonds is 5. The van der Waals surface area contributed by atoms with Crippen molar-refractivity contribution >= 4 is 10.0 Å². The summed E-state index contributed by atoms with van der Waals surface area (Å²) in [6.07, 6.45) is 1.81. The van der Waals surface area contributed by atoms with Crippen LogP contribution < -0.4 is 9.46 Å². The Morgan fingerprint density at radius 2 is 2.24 bits per heavy atom. The molecule has 0 spiro atoms. The Bertz CT molecular complexity index is 589. The van der Waals surface area contributed by atoms with Crippen LogP contribution in [0.2, 0.25) is 0 Å². The van der Waals surface area contributed by atoms with Gasteiger partial charge in [-0.3, -0.25) is 0 Å². The molecule has 1 aliphatic rings. The molecule has 0 bridgehead atoms. The van der Waals surface area contributed by atoms with Crippen molar-refractivity contribution in [2.45, 2.75) is 30.4 Å². The Kier molecular flexibility index (Phi) is 5.21. The van der Waals surface area contributed by atoms with Crippen molar-refractivity contribution in [2.75, 3.05) is 27.2 Å². The van der Waals surface area contributed by atoms with Gasteiger partial charge >= 0.3 is 0 Å². The average molecular weight is 314 g/mol. The summed E-state index contributed by atoms with van der Waals surface area (Å²) in [4.78, 5) is 2.22. The van der Waals surface area contributed by atoms with Crippen LogP contribution in [0.25, 0.3) is 0 Å². The molecule has 2 N–H and O–H groups in total. The first-order valence-electron chi connectivity index (χ1n) is 6.95. The van der Waals surface area contributed by atoms with E-state index in [1.165, 1.54) is 13.2 Å². The second-order valence-electron chi connectivity index (χ2n) is 5.37. The third-order valence-electron chi connectivity index (χ3n) is 3.65. The molecule has 1 saturated heterocycles. The van der Waals surface area contributed by atoms with Gasteiger partial charge in [-0.25, -0.2) is 13.1 Å². The predicted molar refractivity (Wildman–Crippen MR) is 79.8 cm³/mol. The number of aliphatic hydroxyl groups excluding tert-OH is 1. The quantitative estimate of drug-likeness (QED) is 0.830. The van der Waals surface area contributed by atoms with E-state index in [9.17, 15) is 8.42 Å². The van der Waals surface area contributed by atoms with E-state index in [0.717, 1.165) is 19.4 Å². The molecule has 1 aromatic carbocycles. The maximum absolute atomic E-state index is 12.5. The topological polar surface area (TPSA) is 78.9 Å². The van der Waals surface area contributed by atoms with E-state index in [4.69, 9.17) is 9.84 Å². The van der Waals surface area contributed by atoms with Crippen LogP contribution in [0.15, 0.2) is 23.1 Å². The summed E-state index contributed by atoms with van der Waals surface area (Å²) in [5.41, 5.74) is 0.614. The largest absolute Gasteiger partial charge is 0.495 e. The number of nitrogens with one attached hydrogen (secondary N) is 1. The molecule has 0 aliphatic carbocycles. The molecule has 1 fully saturated rings. The second kappa shape index (κ2) is 6.74. The van der Waals surface area contributed by atoms with E-state index in [-0.39, 0.29) is 23.3 Å². The summed E-state index contributed by atoms with van der Waals surface area (Å²) >= 11 is 0. The lowest BCUT2D eigenvalue weighted by Gasteiger charge is -2.30. The molecule has 1 atom stereocenters. The molecule has 0 saturated carbocycles. The minimum Gasteiger partial charge on any atom is -0.495 e. The van der Waals surface area contributed by atoms with Crippen LogP contribution >= 0.6 is 0 Å². The molecular weight excluding hydrogens is 292 g/mol. The van der Waals surface area contributed by atoms with Gasteiger partial charge in [0.1, 0.15) is 10.6 Å². The molecule has 0 aromatic heterocycles. The van der Waals surface area contributed by atoms with Gasteiger partial charge in [0, 0.05) is 12.6 Å². The molecule has 0 radical (unpaired) electrons. The maximum Gasteiger partial charge on any atom is 0.244 e. The maximum atomic E-state index is 12.5. The number of methoxy groups -OCH3 is 1. The zero-order valence-electron chi connectivity index (χ0n) is 12.4. The number of sulfonamides is 1. The minimum absolute atomic E-state index is 0.0871. The van der Waals surface area contributed by atoms with Gasteiger partial charge in [-0.05, 0) is 44.1 Å². The first-order chi connectivity index (χ1) is 9.96. The van der Waals surface area contributed by atoms with Crippen LogP contribution in [0.4, 0.5) is 0 Å². The number of hydrogen-bond donors (Lipinski definition) is 2. The fourth-order valence-electron chi connectivity index (χ4n) is 2.58. The highest BCUT2D eigenvalue weighted by Crippen LogP contribution is 2.25. The Morgan fingerprint density at radius 3 is 2.86 bits per heavy atom. The van der Waals surface area contributed by atoms with Crippen LogP contribution in [0.1, 0.15) is 18.4 Å². The van der Waals surface area contributed by atoms with Crippen molar-refractivity contribution in [3.05, 3.63) is 23.8 Å². The van der Waals surface area contributed by atoms with E-state index >= 15 is 0 Å². The van der Waals surface area contributed by atoms with Gasteiger partial charge in [0.2, 0.25) is 10.0 Å². The molecule has 21 heavy (non-hydrogen) atoms. The van der Waals surface area contributed by atoms with E-state index in [1.54, 1.807) is 12.1 Å². The Hall–Kier alpha value is -1.15. The van der Waals surface area contributed by atoms with Crippen molar-refractivity contribution in [3.63, 3.8) is 0 Å². The summed E-state index contributed by atoms with van der Waals surface area (Å²) < 4.78 is 32.9. The smallest absolute Gasteiger partial charge is 0.244 e. The molecule has 1 unspecified atom stereocenters. The SMILES string of the molecule is COc1cc(CO)ccc1S(=O)(=O)NC1CCCN(C)C1. The molecule has 7 heteroatoms. The van der Waals surface area contributed by atoms with Gasteiger partial charge in [0.25, 0.3) is 0 Å². The first kappa shape index (κ1) is 16.2. The molecule has 1 heterocycles. The van der Waals surface area contributed by atoms with Gasteiger partial charge < -0.3 is 14.7 Å². The highest BCUT2D eigenvalue weighted by Gasteiger charge is 2.26. The summed E-state index contributed by atoms with van der Waals surface area (Å²) in [6, 6.07) is 4.52. The monoisotopic (exact) mass is 314 g/mol. The van der Waals surface area contributed by atoms with Crippen LogP contribution in [0.3, 0.4) is 0 Å². The summed E-state index contributed by atoms with van der Waals surface area (Å²) in [5, 5.41) is 9.12. The fraction of sp³-hybridized carbons (Fsp3) is 0.571. The highest BCUT2D eigenvalue weighted by molar-refractivity contribution is 7.89. The molecule has 6 nitrogen and oxygen atoms in total. The first-order valence-corrected chi connectivity index (χ1v) is 8.43. The normalized spacial score (nSPS) is 20.4. The number of hydrogen-bond acceptors (Lipinski definition) is 5. The second-order valence-corrected chi connectivity index (χ2v) is 7.05. The summed E-state index contributed by atoms with van der Waals surface area (Å²) in [7, 11) is -0.231. The van der Waals surface area contributed by atoms with Crippen LogP contribution in [-0.2, 0) is 16.6 Å². The standard InChI is InChI=1S/C14H22N2O4S/c1-16-7-3-4-12(9-16)15-21(18,19)14-6-5-11(10-17)8-13(14)20-2/h5-6,8,12,15,17H,3-4,7,9-10H2,1-2H3. The third kappa shape index (κ3) is 3.94. The molecule has 0 amide bonds. The van der Waals surface area contributed by atoms with Crippen molar-refractivity contribution < 1.29 is 18.3 Å². The van der Waals surface area contributed by atoms with E-state index in [2.05, 4.69) is 9.62 Å². The Balaban J connectivity index is 2.22. The molecule has 1 aromatic rings. The van der Waals surface area contributed by atoms with Gasteiger partial charge in [-0.15, -0.1) is 0 Å². The molecular formula is C14H22N2O4S. The summed E-state index contributed by atoms with van der Waals surface area (Å²) in [6.45, 7) is 1.54. The number of ether oxygens (including phenoxy) is 1. The highest BCUT2D eigenvalue weighted by atomic mass is 32.2. The lowest BCUT2D eigenvalue weighted by molar-refractivity contribution is 0.242. The van der Waals surface area contributed by atoms with Gasteiger partial charge in [0.15, 0.2) is 0 Å².